The summed E-state index contributed by atoms with van der Waals surface area (Å²) in [6.07, 6.45) is 4.55. The number of pyridine rings is 1. The second kappa shape index (κ2) is 7.38. The molecule has 130 valence electrons. The van der Waals surface area contributed by atoms with Gasteiger partial charge >= 0.3 is 0 Å². The van der Waals surface area contributed by atoms with E-state index in [0.717, 1.165) is 41.4 Å². The maximum Gasteiger partial charge on any atom is 0.223 e. The lowest BCUT2D eigenvalue weighted by Crippen LogP contribution is -2.15. The van der Waals surface area contributed by atoms with E-state index in [1.54, 1.807) is 12.5 Å². The van der Waals surface area contributed by atoms with Crippen LogP contribution in [0.1, 0.15) is 43.5 Å². The summed E-state index contributed by atoms with van der Waals surface area (Å²) in [5.74, 6) is 1.44. The molecule has 1 N–H and O–H groups in total. The standard InChI is InChI=1S/C18H23N7/c1-5-10-25-11-20-24-17(25)14(4)22-18-19-9-8-16(23-18)15-7-6-12(2)21-13(15)3/h6-9,11,14H,5,10H2,1-4H3,(H,19,22,23)/t14-/m1/s1. The quantitative estimate of drug-likeness (QED) is 0.743. The number of nitrogens with zero attached hydrogens (tertiary/aromatic N) is 6. The first kappa shape index (κ1) is 17.0. The Labute approximate surface area is 147 Å². The summed E-state index contributed by atoms with van der Waals surface area (Å²) in [7, 11) is 0. The van der Waals surface area contributed by atoms with E-state index < -0.39 is 0 Å². The summed E-state index contributed by atoms with van der Waals surface area (Å²) in [6, 6.07) is 5.90. The Morgan fingerprint density at radius 2 is 2.00 bits per heavy atom. The van der Waals surface area contributed by atoms with Gasteiger partial charge in [-0.05, 0) is 45.4 Å². The van der Waals surface area contributed by atoms with E-state index in [2.05, 4.69) is 42.0 Å². The van der Waals surface area contributed by atoms with Crippen LogP contribution in [0.4, 0.5) is 5.95 Å². The van der Waals surface area contributed by atoms with Gasteiger partial charge in [-0.2, -0.15) is 0 Å². The first-order valence-corrected chi connectivity index (χ1v) is 8.50. The minimum absolute atomic E-state index is 0.0402. The molecule has 0 saturated carbocycles. The van der Waals surface area contributed by atoms with Gasteiger partial charge in [0.2, 0.25) is 5.95 Å². The van der Waals surface area contributed by atoms with Crippen LogP contribution in [-0.2, 0) is 6.54 Å². The maximum absolute atomic E-state index is 4.64. The number of hydrogen-bond acceptors (Lipinski definition) is 6. The molecule has 7 nitrogen and oxygen atoms in total. The zero-order chi connectivity index (χ0) is 17.8. The second-order valence-electron chi connectivity index (χ2n) is 6.10. The van der Waals surface area contributed by atoms with E-state index >= 15 is 0 Å². The van der Waals surface area contributed by atoms with Gasteiger partial charge in [0, 0.05) is 29.7 Å². The number of anilines is 1. The van der Waals surface area contributed by atoms with E-state index in [4.69, 9.17) is 0 Å². The molecule has 3 aromatic heterocycles. The number of aryl methyl sites for hydroxylation is 3. The van der Waals surface area contributed by atoms with E-state index in [0.29, 0.717) is 5.95 Å². The average Bonchev–Trinajstić information content (AvgIpc) is 3.04. The summed E-state index contributed by atoms with van der Waals surface area (Å²) >= 11 is 0. The smallest absolute Gasteiger partial charge is 0.223 e. The van der Waals surface area contributed by atoms with Crippen molar-refractivity contribution in [2.45, 2.75) is 46.7 Å². The molecule has 0 fully saturated rings. The third-order valence-corrected chi connectivity index (χ3v) is 4.00. The van der Waals surface area contributed by atoms with Gasteiger partial charge in [0.05, 0.1) is 11.7 Å². The zero-order valence-electron chi connectivity index (χ0n) is 15.1. The molecule has 0 bridgehead atoms. The van der Waals surface area contributed by atoms with Gasteiger partial charge in [-0.3, -0.25) is 4.98 Å². The molecule has 0 aromatic carbocycles. The van der Waals surface area contributed by atoms with E-state index in [-0.39, 0.29) is 6.04 Å². The normalized spacial score (nSPS) is 12.2. The molecule has 3 aromatic rings. The zero-order valence-corrected chi connectivity index (χ0v) is 15.1. The fourth-order valence-corrected chi connectivity index (χ4v) is 2.81. The van der Waals surface area contributed by atoms with Crippen LogP contribution in [0.2, 0.25) is 0 Å². The summed E-state index contributed by atoms with van der Waals surface area (Å²) in [6.45, 7) is 9.03. The molecule has 1 atom stereocenters. The van der Waals surface area contributed by atoms with Gasteiger partial charge in [0.25, 0.3) is 0 Å². The van der Waals surface area contributed by atoms with Crippen LogP contribution in [0.15, 0.2) is 30.7 Å². The maximum atomic E-state index is 4.64. The Morgan fingerprint density at radius 3 is 2.76 bits per heavy atom. The Kier molecular flexibility index (Phi) is 5.02. The molecule has 25 heavy (non-hydrogen) atoms. The fourth-order valence-electron chi connectivity index (χ4n) is 2.81. The van der Waals surface area contributed by atoms with Crippen LogP contribution in [0.25, 0.3) is 11.3 Å². The van der Waals surface area contributed by atoms with Crippen LogP contribution >= 0.6 is 0 Å². The highest BCUT2D eigenvalue weighted by molar-refractivity contribution is 5.62. The Morgan fingerprint density at radius 1 is 1.16 bits per heavy atom. The second-order valence-corrected chi connectivity index (χ2v) is 6.10. The molecule has 0 unspecified atom stereocenters. The minimum Gasteiger partial charge on any atom is -0.344 e. The van der Waals surface area contributed by atoms with Crippen molar-refractivity contribution in [1.29, 1.82) is 0 Å². The van der Waals surface area contributed by atoms with Gasteiger partial charge in [0.1, 0.15) is 6.33 Å². The Hall–Kier alpha value is -2.83. The van der Waals surface area contributed by atoms with Crippen LogP contribution in [0.3, 0.4) is 0 Å². The molecule has 0 aliphatic heterocycles. The van der Waals surface area contributed by atoms with Crippen molar-refractivity contribution in [3.8, 4) is 11.3 Å². The first-order chi connectivity index (χ1) is 12.1. The summed E-state index contributed by atoms with van der Waals surface area (Å²) in [5, 5.41) is 11.6. The van der Waals surface area contributed by atoms with E-state index in [1.165, 1.54) is 0 Å². The lowest BCUT2D eigenvalue weighted by Gasteiger charge is -2.15. The van der Waals surface area contributed by atoms with Crippen molar-refractivity contribution in [1.82, 2.24) is 29.7 Å². The minimum atomic E-state index is -0.0402. The number of rotatable bonds is 6. The van der Waals surface area contributed by atoms with E-state index in [9.17, 15) is 0 Å². The molecular weight excluding hydrogens is 314 g/mol. The number of hydrogen-bond donors (Lipinski definition) is 1. The largest absolute Gasteiger partial charge is 0.344 e. The van der Waals surface area contributed by atoms with Gasteiger partial charge < -0.3 is 9.88 Å². The monoisotopic (exact) mass is 337 g/mol. The van der Waals surface area contributed by atoms with Gasteiger partial charge in [-0.25, -0.2) is 9.97 Å². The molecule has 3 heterocycles. The van der Waals surface area contributed by atoms with Gasteiger partial charge in [-0.15, -0.1) is 10.2 Å². The summed E-state index contributed by atoms with van der Waals surface area (Å²) in [5.41, 5.74) is 3.82. The topological polar surface area (TPSA) is 81.4 Å². The lowest BCUT2D eigenvalue weighted by molar-refractivity contribution is 0.612. The van der Waals surface area contributed by atoms with Crippen molar-refractivity contribution >= 4 is 5.95 Å². The molecule has 0 aliphatic carbocycles. The van der Waals surface area contributed by atoms with Crippen molar-refractivity contribution in [3.05, 3.63) is 47.9 Å². The van der Waals surface area contributed by atoms with Crippen LogP contribution in [-0.4, -0.2) is 29.7 Å². The number of aromatic nitrogens is 6. The van der Waals surface area contributed by atoms with E-state index in [1.807, 2.05) is 39.0 Å². The summed E-state index contributed by atoms with van der Waals surface area (Å²) < 4.78 is 2.05. The van der Waals surface area contributed by atoms with Crippen molar-refractivity contribution in [2.75, 3.05) is 5.32 Å². The van der Waals surface area contributed by atoms with Crippen molar-refractivity contribution in [3.63, 3.8) is 0 Å². The highest BCUT2D eigenvalue weighted by atomic mass is 15.3. The number of nitrogens with one attached hydrogen (secondary N) is 1. The molecule has 0 aliphatic rings. The third kappa shape index (κ3) is 3.81. The third-order valence-electron chi connectivity index (χ3n) is 4.00. The Bertz CT molecular complexity index is 856. The molecule has 3 rings (SSSR count). The van der Waals surface area contributed by atoms with Crippen LogP contribution in [0, 0.1) is 13.8 Å². The molecule has 0 saturated heterocycles. The molecule has 0 amide bonds. The predicted octanol–water partition coefficient (Wildman–Crippen LogP) is 3.33. The first-order valence-electron chi connectivity index (χ1n) is 8.50. The highest BCUT2D eigenvalue weighted by Crippen LogP contribution is 2.22. The van der Waals surface area contributed by atoms with Crippen molar-refractivity contribution in [2.24, 2.45) is 0 Å². The SMILES string of the molecule is CCCn1cnnc1[C@@H](C)Nc1nccc(-c2ccc(C)nc2C)n1. The van der Waals surface area contributed by atoms with Crippen LogP contribution in [0.5, 0.6) is 0 Å². The van der Waals surface area contributed by atoms with Crippen LogP contribution < -0.4 is 5.32 Å². The van der Waals surface area contributed by atoms with Crippen molar-refractivity contribution < 1.29 is 0 Å². The molecule has 0 spiro atoms. The molecule has 0 radical (unpaired) electrons. The highest BCUT2D eigenvalue weighted by Gasteiger charge is 2.14. The van der Waals surface area contributed by atoms with Gasteiger partial charge in [0.15, 0.2) is 5.82 Å². The molecular formula is C18H23N7. The summed E-state index contributed by atoms with van der Waals surface area (Å²) in [4.78, 5) is 13.5. The van der Waals surface area contributed by atoms with Gasteiger partial charge in [-0.1, -0.05) is 6.92 Å². The lowest BCUT2D eigenvalue weighted by atomic mass is 10.1. The Balaban J connectivity index is 1.83. The predicted molar refractivity (Wildman–Crippen MR) is 97.1 cm³/mol. The average molecular weight is 337 g/mol. The fraction of sp³-hybridized carbons (Fsp3) is 0.389. The molecule has 7 heteroatoms.